The van der Waals surface area contributed by atoms with Crippen molar-refractivity contribution in [1.29, 1.82) is 0 Å². The highest BCUT2D eigenvalue weighted by Gasteiger charge is 2.27. The number of nitro benzene ring substituents is 1. The van der Waals surface area contributed by atoms with Crippen LogP contribution >= 0.6 is 15.9 Å². The van der Waals surface area contributed by atoms with Crippen molar-refractivity contribution in [3.63, 3.8) is 0 Å². The summed E-state index contributed by atoms with van der Waals surface area (Å²) in [5.41, 5.74) is 0.284. The van der Waals surface area contributed by atoms with Crippen molar-refractivity contribution in [2.24, 2.45) is 0 Å². The van der Waals surface area contributed by atoms with Gasteiger partial charge in [0.15, 0.2) is 0 Å². The molecule has 0 heterocycles. The number of rotatable bonds is 7. The third-order valence-electron chi connectivity index (χ3n) is 2.73. The Morgan fingerprint density at radius 3 is 2.64 bits per heavy atom. The van der Waals surface area contributed by atoms with E-state index in [9.17, 15) is 23.3 Å². The summed E-state index contributed by atoms with van der Waals surface area (Å²) in [5.74, 6) is 0.0217. The standard InChI is InChI=1S/C14H15BrF3NO3/c1-2-3-5-10-8-11(15)9-12(19(20)21)13(10)22-7-4-6-14(16,17)18/h2-3,8-9H,4-7H2,1H3/b3-2+. The molecule has 0 aliphatic rings. The van der Waals surface area contributed by atoms with Gasteiger partial charge in [0.2, 0.25) is 5.75 Å². The first-order chi connectivity index (χ1) is 10.2. The van der Waals surface area contributed by atoms with Gasteiger partial charge in [0.1, 0.15) is 0 Å². The highest BCUT2D eigenvalue weighted by Crippen LogP contribution is 2.35. The van der Waals surface area contributed by atoms with Crippen LogP contribution in [0.4, 0.5) is 18.9 Å². The summed E-state index contributed by atoms with van der Waals surface area (Å²) < 4.78 is 42.1. The van der Waals surface area contributed by atoms with Crippen LogP contribution < -0.4 is 4.74 Å². The molecule has 0 aromatic heterocycles. The Hall–Kier alpha value is -1.57. The maximum Gasteiger partial charge on any atom is 0.389 e. The van der Waals surface area contributed by atoms with Crippen molar-refractivity contribution < 1.29 is 22.8 Å². The number of benzene rings is 1. The van der Waals surface area contributed by atoms with Gasteiger partial charge in [-0.15, -0.1) is 0 Å². The number of hydrogen-bond acceptors (Lipinski definition) is 3. The average Bonchev–Trinajstić information content (AvgIpc) is 2.40. The highest BCUT2D eigenvalue weighted by atomic mass is 79.9. The summed E-state index contributed by atoms with van der Waals surface area (Å²) in [4.78, 5) is 10.5. The molecule has 0 radical (unpaired) electrons. The van der Waals surface area contributed by atoms with Gasteiger partial charge in [0, 0.05) is 22.5 Å². The van der Waals surface area contributed by atoms with Gasteiger partial charge in [0.05, 0.1) is 11.5 Å². The number of hydrogen-bond donors (Lipinski definition) is 0. The van der Waals surface area contributed by atoms with Gasteiger partial charge in [-0.1, -0.05) is 28.1 Å². The van der Waals surface area contributed by atoms with E-state index in [4.69, 9.17) is 4.74 Å². The molecule has 22 heavy (non-hydrogen) atoms. The lowest BCUT2D eigenvalue weighted by Gasteiger charge is -2.12. The van der Waals surface area contributed by atoms with Crippen LogP contribution in [0.15, 0.2) is 28.8 Å². The quantitative estimate of drug-likeness (QED) is 0.282. The predicted octanol–water partition coefficient (Wildman–Crippen LogP) is 5.20. The van der Waals surface area contributed by atoms with Crippen molar-refractivity contribution in [3.05, 3.63) is 44.4 Å². The molecule has 0 N–H and O–H groups in total. The molecule has 0 saturated carbocycles. The SMILES string of the molecule is C/C=C/Cc1cc(Br)cc([N+](=O)[O-])c1OCCCC(F)(F)F. The van der Waals surface area contributed by atoms with Gasteiger partial charge < -0.3 is 4.74 Å². The van der Waals surface area contributed by atoms with E-state index in [1.807, 2.05) is 0 Å². The third-order valence-corrected chi connectivity index (χ3v) is 3.19. The van der Waals surface area contributed by atoms with Crippen molar-refractivity contribution in [2.45, 2.75) is 32.4 Å². The average molecular weight is 382 g/mol. The Labute approximate surface area is 134 Å². The topological polar surface area (TPSA) is 52.4 Å². The molecule has 1 rings (SSSR count). The third kappa shape index (κ3) is 6.05. The largest absolute Gasteiger partial charge is 0.487 e. The molecule has 1 aromatic rings. The number of ether oxygens (including phenoxy) is 1. The number of alkyl halides is 3. The van der Waals surface area contributed by atoms with Crippen LogP contribution in [0.1, 0.15) is 25.3 Å². The Bertz CT molecular complexity index is 559. The molecule has 0 amide bonds. The van der Waals surface area contributed by atoms with Crippen LogP contribution in [0.5, 0.6) is 5.75 Å². The second-order valence-electron chi connectivity index (χ2n) is 4.51. The van der Waals surface area contributed by atoms with Crippen LogP contribution in [-0.2, 0) is 6.42 Å². The highest BCUT2D eigenvalue weighted by molar-refractivity contribution is 9.10. The molecule has 0 aliphatic heterocycles. The van der Waals surface area contributed by atoms with E-state index in [1.54, 1.807) is 25.1 Å². The first-order valence-electron chi connectivity index (χ1n) is 6.52. The van der Waals surface area contributed by atoms with Crippen LogP contribution in [0.3, 0.4) is 0 Å². The van der Waals surface area contributed by atoms with Crippen molar-refractivity contribution in [2.75, 3.05) is 6.61 Å². The minimum absolute atomic E-state index is 0.0217. The number of nitro groups is 1. The monoisotopic (exact) mass is 381 g/mol. The van der Waals surface area contributed by atoms with E-state index in [1.165, 1.54) is 6.07 Å². The lowest BCUT2D eigenvalue weighted by Crippen LogP contribution is -2.10. The zero-order chi connectivity index (χ0) is 16.8. The number of allylic oxidation sites excluding steroid dienone is 2. The fraction of sp³-hybridized carbons (Fsp3) is 0.429. The number of halogens is 4. The minimum atomic E-state index is -4.26. The summed E-state index contributed by atoms with van der Waals surface area (Å²) in [6, 6.07) is 2.93. The molecule has 0 unspecified atom stereocenters. The first-order valence-corrected chi connectivity index (χ1v) is 7.31. The Kier molecular flexibility index (Phi) is 6.86. The summed E-state index contributed by atoms with van der Waals surface area (Å²) in [5, 5.41) is 11.1. The molecular weight excluding hydrogens is 367 g/mol. The zero-order valence-corrected chi connectivity index (χ0v) is 13.4. The van der Waals surface area contributed by atoms with Crippen LogP contribution in [-0.4, -0.2) is 17.7 Å². The molecule has 0 bridgehead atoms. The minimum Gasteiger partial charge on any atom is -0.487 e. The van der Waals surface area contributed by atoms with Gasteiger partial charge in [0.25, 0.3) is 0 Å². The first kappa shape index (κ1) is 18.5. The Morgan fingerprint density at radius 2 is 2.09 bits per heavy atom. The van der Waals surface area contributed by atoms with E-state index in [-0.39, 0.29) is 24.5 Å². The van der Waals surface area contributed by atoms with Crippen LogP contribution in [0, 0.1) is 10.1 Å². The molecule has 0 spiro atoms. The summed E-state index contributed by atoms with van der Waals surface area (Å²) in [7, 11) is 0. The van der Waals surface area contributed by atoms with Crippen molar-refractivity contribution >= 4 is 21.6 Å². The fourth-order valence-corrected chi connectivity index (χ4v) is 2.27. The number of nitrogens with zero attached hydrogens (tertiary/aromatic N) is 1. The van der Waals surface area contributed by atoms with Crippen molar-refractivity contribution in [3.8, 4) is 5.75 Å². The lowest BCUT2D eigenvalue weighted by molar-refractivity contribution is -0.386. The summed E-state index contributed by atoms with van der Waals surface area (Å²) >= 11 is 3.18. The van der Waals surface area contributed by atoms with E-state index in [2.05, 4.69) is 15.9 Å². The second-order valence-corrected chi connectivity index (χ2v) is 5.43. The van der Waals surface area contributed by atoms with Crippen LogP contribution in [0.2, 0.25) is 0 Å². The molecule has 122 valence electrons. The smallest absolute Gasteiger partial charge is 0.389 e. The van der Waals surface area contributed by atoms with E-state index in [0.717, 1.165) is 0 Å². The summed E-state index contributed by atoms with van der Waals surface area (Å²) in [6.07, 6.45) is -1.54. The maximum absolute atomic E-state index is 12.1. The Morgan fingerprint density at radius 1 is 1.41 bits per heavy atom. The van der Waals surface area contributed by atoms with E-state index < -0.39 is 17.5 Å². The maximum atomic E-state index is 12.1. The molecule has 0 fully saturated rings. The van der Waals surface area contributed by atoms with Gasteiger partial charge in [-0.05, 0) is 25.8 Å². The molecular formula is C14H15BrF3NO3. The second kappa shape index (κ2) is 8.17. The molecule has 0 atom stereocenters. The molecule has 4 nitrogen and oxygen atoms in total. The summed E-state index contributed by atoms with van der Waals surface area (Å²) in [6.45, 7) is 1.57. The Balaban J connectivity index is 2.95. The van der Waals surface area contributed by atoms with Gasteiger partial charge >= 0.3 is 11.9 Å². The van der Waals surface area contributed by atoms with Crippen molar-refractivity contribution in [1.82, 2.24) is 0 Å². The van der Waals surface area contributed by atoms with Gasteiger partial charge in [-0.25, -0.2) is 0 Å². The zero-order valence-electron chi connectivity index (χ0n) is 11.8. The molecule has 0 saturated heterocycles. The normalized spacial score (nSPS) is 11.9. The molecule has 8 heteroatoms. The predicted molar refractivity (Wildman–Crippen MR) is 80.1 cm³/mol. The fourth-order valence-electron chi connectivity index (χ4n) is 1.78. The lowest BCUT2D eigenvalue weighted by atomic mass is 10.1. The molecule has 1 aromatic carbocycles. The van der Waals surface area contributed by atoms with E-state index in [0.29, 0.717) is 16.5 Å². The molecule has 0 aliphatic carbocycles. The van der Waals surface area contributed by atoms with Gasteiger partial charge in [-0.3, -0.25) is 10.1 Å². The van der Waals surface area contributed by atoms with E-state index >= 15 is 0 Å². The van der Waals surface area contributed by atoms with Gasteiger partial charge in [-0.2, -0.15) is 13.2 Å². The van der Waals surface area contributed by atoms with Crippen LogP contribution in [0.25, 0.3) is 0 Å².